The molecule has 5 nitrogen and oxygen atoms in total. The maximum atomic E-state index is 13.9. The fourth-order valence-electron chi connectivity index (χ4n) is 3.38. The molecular formula is C21H24ClFN2O3S. The molecular weight excluding hydrogens is 415 g/mol. The SMILES string of the molecule is Cc1ccc(CNC(=O)C2CCN(S(=O)(=O)Cc3c(F)cccc3Cl)CC2)cc1. The van der Waals surface area contributed by atoms with Crippen molar-refractivity contribution in [3.05, 3.63) is 70.0 Å². The number of nitrogens with one attached hydrogen (secondary N) is 1. The number of halogens is 2. The fraction of sp³-hybridized carbons (Fsp3) is 0.381. The Hall–Kier alpha value is -1.96. The van der Waals surface area contributed by atoms with Gasteiger partial charge in [0, 0.05) is 36.1 Å². The minimum atomic E-state index is -3.71. The highest BCUT2D eigenvalue weighted by molar-refractivity contribution is 7.88. The molecule has 3 rings (SSSR count). The van der Waals surface area contributed by atoms with Crippen LogP contribution in [0.15, 0.2) is 42.5 Å². The van der Waals surface area contributed by atoms with Gasteiger partial charge in [-0.25, -0.2) is 17.1 Å². The van der Waals surface area contributed by atoms with E-state index in [2.05, 4.69) is 5.32 Å². The second kappa shape index (κ2) is 9.24. The van der Waals surface area contributed by atoms with Crippen molar-refractivity contribution in [2.24, 2.45) is 5.92 Å². The third-order valence-corrected chi connectivity index (χ3v) is 7.35. The molecule has 1 amide bonds. The Labute approximate surface area is 175 Å². The predicted octanol–water partition coefficient (Wildman–Crippen LogP) is 3.65. The van der Waals surface area contributed by atoms with E-state index >= 15 is 0 Å². The van der Waals surface area contributed by atoms with Crippen LogP contribution in [0.1, 0.15) is 29.5 Å². The molecule has 0 aromatic heterocycles. The van der Waals surface area contributed by atoms with Gasteiger partial charge in [-0.3, -0.25) is 4.79 Å². The van der Waals surface area contributed by atoms with Gasteiger partial charge < -0.3 is 5.32 Å². The highest BCUT2D eigenvalue weighted by atomic mass is 35.5. The molecule has 0 saturated carbocycles. The molecule has 0 atom stereocenters. The summed E-state index contributed by atoms with van der Waals surface area (Å²) >= 11 is 5.96. The van der Waals surface area contributed by atoms with Crippen LogP contribution in [0.25, 0.3) is 0 Å². The van der Waals surface area contributed by atoms with E-state index in [9.17, 15) is 17.6 Å². The molecule has 0 aliphatic carbocycles. The van der Waals surface area contributed by atoms with E-state index in [-0.39, 0.29) is 35.5 Å². The number of hydrogen-bond acceptors (Lipinski definition) is 3. The number of piperidine rings is 1. The summed E-state index contributed by atoms with van der Waals surface area (Å²) in [5, 5.41) is 3.02. The summed E-state index contributed by atoms with van der Waals surface area (Å²) in [4.78, 5) is 12.4. The van der Waals surface area contributed by atoms with Gasteiger partial charge in [-0.1, -0.05) is 47.5 Å². The first kappa shape index (κ1) is 21.7. The standard InChI is InChI=1S/C21H24ClFN2O3S/c1-15-5-7-16(8-6-15)13-24-21(26)17-9-11-25(12-10-17)29(27,28)14-18-19(22)3-2-4-20(18)23/h2-8,17H,9-14H2,1H3,(H,24,26). The summed E-state index contributed by atoms with van der Waals surface area (Å²) < 4.78 is 40.6. The lowest BCUT2D eigenvalue weighted by atomic mass is 9.97. The zero-order chi connectivity index (χ0) is 21.0. The third-order valence-electron chi connectivity index (χ3n) is 5.19. The molecule has 8 heteroatoms. The number of amides is 1. The average Bonchev–Trinajstić information content (AvgIpc) is 2.70. The van der Waals surface area contributed by atoms with Gasteiger partial charge in [-0.2, -0.15) is 0 Å². The van der Waals surface area contributed by atoms with Gasteiger partial charge in [0.15, 0.2) is 0 Å². The molecule has 1 heterocycles. The summed E-state index contributed by atoms with van der Waals surface area (Å²) in [6.07, 6.45) is 0.869. The van der Waals surface area contributed by atoms with Crippen molar-refractivity contribution in [3.8, 4) is 0 Å². The van der Waals surface area contributed by atoms with E-state index in [1.54, 1.807) is 0 Å². The van der Waals surface area contributed by atoms with E-state index in [1.165, 1.54) is 22.5 Å². The van der Waals surface area contributed by atoms with Gasteiger partial charge in [-0.05, 0) is 37.5 Å². The summed E-state index contributed by atoms with van der Waals surface area (Å²) in [6.45, 7) is 2.92. The molecule has 0 bridgehead atoms. The molecule has 0 unspecified atom stereocenters. The topological polar surface area (TPSA) is 66.5 Å². The van der Waals surface area contributed by atoms with Gasteiger partial charge in [0.05, 0.1) is 5.75 Å². The van der Waals surface area contributed by atoms with Crippen LogP contribution < -0.4 is 5.32 Å². The lowest BCUT2D eigenvalue weighted by Gasteiger charge is -2.30. The Morgan fingerprint density at radius 2 is 1.83 bits per heavy atom. The van der Waals surface area contributed by atoms with E-state index in [1.807, 2.05) is 31.2 Å². The Bertz CT molecular complexity index is 952. The van der Waals surface area contributed by atoms with Crippen LogP contribution in [0.4, 0.5) is 4.39 Å². The number of hydrogen-bond donors (Lipinski definition) is 1. The van der Waals surface area contributed by atoms with Gasteiger partial charge in [0.25, 0.3) is 0 Å². The molecule has 1 aliphatic heterocycles. The Kier molecular flexibility index (Phi) is 6.93. The molecule has 1 N–H and O–H groups in total. The van der Waals surface area contributed by atoms with E-state index in [0.717, 1.165) is 11.1 Å². The summed E-state index contributed by atoms with van der Waals surface area (Å²) in [5.74, 6) is -1.42. The van der Waals surface area contributed by atoms with Crippen LogP contribution in [0.3, 0.4) is 0 Å². The average molecular weight is 439 g/mol. The lowest BCUT2D eigenvalue weighted by molar-refractivity contribution is -0.126. The molecule has 1 aliphatic rings. The fourth-order valence-corrected chi connectivity index (χ4v) is 5.30. The van der Waals surface area contributed by atoms with Crippen LogP contribution in [0, 0.1) is 18.7 Å². The number of aryl methyl sites for hydroxylation is 1. The molecule has 0 spiro atoms. The van der Waals surface area contributed by atoms with Crippen molar-refractivity contribution in [1.29, 1.82) is 0 Å². The Balaban J connectivity index is 1.53. The minimum absolute atomic E-state index is 0.0212. The van der Waals surface area contributed by atoms with Crippen molar-refractivity contribution in [1.82, 2.24) is 9.62 Å². The number of sulfonamides is 1. The molecule has 2 aromatic rings. The number of carbonyl (C=O) groups is 1. The quantitative estimate of drug-likeness (QED) is 0.748. The molecule has 1 saturated heterocycles. The van der Waals surface area contributed by atoms with Crippen molar-refractivity contribution in [3.63, 3.8) is 0 Å². The van der Waals surface area contributed by atoms with E-state index in [0.29, 0.717) is 19.4 Å². The second-order valence-corrected chi connectivity index (χ2v) is 9.71. The molecule has 1 fully saturated rings. The Morgan fingerprint density at radius 1 is 1.17 bits per heavy atom. The van der Waals surface area contributed by atoms with Gasteiger partial charge in [0.1, 0.15) is 5.82 Å². The van der Waals surface area contributed by atoms with E-state index in [4.69, 9.17) is 11.6 Å². The number of rotatable bonds is 6. The number of nitrogens with zero attached hydrogens (tertiary/aromatic N) is 1. The highest BCUT2D eigenvalue weighted by Gasteiger charge is 2.32. The van der Waals surface area contributed by atoms with Gasteiger partial charge in [0.2, 0.25) is 15.9 Å². The van der Waals surface area contributed by atoms with Crippen LogP contribution in [-0.4, -0.2) is 31.7 Å². The van der Waals surface area contributed by atoms with Crippen molar-refractivity contribution in [2.75, 3.05) is 13.1 Å². The second-order valence-electron chi connectivity index (χ2n) is 7.33. The Morgan fingerprint density at radius 3 is 2.45 bits per heavy atom. The highest BCUT2D eigenvalue weighted by Crippen LogP contribution is 2.26. The largest absolute Gasteiger partial charge is 0.352 e. The van der Waals surface area contributed by atoms with Crippen LogP contribution in [0.2, 0.25) is 5.02 Å². The number of carbonyl (C=O) groups excluding carboxylic acids is 1. The molecule has 156 valence electrons. The molecule has 0 radical (unpaired) electrons. The maximum Gasteiger partial charge on any atom is 0.223 e. The van der Waals surface area contributed by atoms with Crippen LogP contribution in [-0.2, 0) is 27.1 Å². The molecule has 29 heavy (non-hydrogen) atoms. The van der Waals surface area contributed by atoms with Gasteiger partial charge in [-0.15, -0.1) is 0 Å². The van der Waals surface area contributed by atoms with Crippen molar-refractivity contribution < 1.29 is 17.6 Å². The van der Waals surface area contributed by atoms with Crippen LogP contribution >= 0.6 is 11.6 Å². The predicted molar refractivity (Wildman–Crippen MR) is 111 cm³/mol. The van der Waals surface area contributed by atoms with E-state index < -0.39 is 21.6 Å². The smallest absolute Gasteiger partial charge is 0.223 e. The number of benzene rings is 2. The molecule has 2 aromatic carbocycles. The normalized spacial score (nSPS) is 16.0. The van der Waals surface area contributed by atoms with Gasteiger partial charge >= 0.3 is 0 Å². The van der Waals surface area contributed by atoms with Crippen molar-refractivity contribution in [2.45, 2.75) is 32.1 Å². The third kappa shape index (κ3) is 5.56. The van der Waals surface area contributed by atoms with Crippen molar-refractivity contribution >= 4 is 27.5 Å². The summed E-state index contributed by atoms with van der Waals surface area (Å²) in [7, 11) is -3.71. The zero-order valence-electron chi connectivity index (χ0n) is 16.2. The summed E-state index contributed by atoms with van der Waals surface area (Å²) in [5.41, 5.74) is 2.16. The van der Waals surface area contributed by atoms with Crippen LogP contribution in [0.5, 0.6) is 0 Å². The summed E-state index contributed by atoms with van der Waals surface area (Å²) in [6, 6.07) is 12.0. The minimum Gasteiger partial charge on any atom is -0.352 e. The first-order chi connectivity index (χ1) is 13.8. The first-order valence-corrected chi connectivity index (χ1v) is 11.5. The lowest BCUT2D eigenvalue weighted by Crippen LogP contribution is -2.43. The maximum absolute atomic E-state index is 13.9. The monoisotopic (exact) mass is 438 g/mol. The first-order valence-electron chi connectivity index (χ1n) is 9.50. The zero-order valence-corrected chi connectivity index (χ0v) is 17.8.